The van der Waals surface area contributed by atoms with Crippen molar-refractivity contribution in [2.45, 2.75) is 38.5 Å². The number of aliphatic hydroxyl groups is 1. The van der Waals surface area contributed by atoms with Gasteiger partial charge in [0.1, 0.15) is 0 Å². The van der Waals surface area contributed by atoms with Gasteiger partial charge in [-0.1, -0.05) is 35.0 Å². The van der Waals surface area contributed by atoms with Crippen LogP contribution in [0.3, 0.4) is 0 Å². The molecule has 0 aromatic heterocycles. The molecule has 0 amide bonds. The first kappa shape index (κ1) is 15.6. The van der Waals surface area contributed by atoms with Gasteiger partial charge in [0.05, 0.1) is 6.10 Å². The Morgan fingerprint density at radius 3 is 2.61 bits per heavy atom. The molecular weight excluding hydrogens is 292 g/mol. The Labute approximate surface area is 118 Å². The maximum absolute atomic E-state index is 9.54. The van der Waals surface area contributed by atoms with Gasteiger partial charge in [-0.05, 0) is 38.1 Å². The molecule has 1 rings (SSSR count). The number of benzene rings is 1. The quantitative estimate of drug-likeness (QED) is 0.848. The van der Waals surface area contributed by atoms with Crippen molar-refractivity contribution in [2.24, 2.45) is 5.73 Å². The molecule has 0 saturated heterocycles. The molecular formula is C14H23BrN2O. The molecule has 3 atom stereocenters. The van der Waals surface area contributed by atoms with E-state index < -0.39 is 0 Å². The Bertz CT molecular complexity index is 371. The average Bonchev–Trinajstić information content (AvgIpc) is 2.28. The van der Waals surface area contributed by atoms with E-state index in [1.165, 1.54) is 5.56 Å². The molecule has 0 aliphatic carbocycles. The summed E-state index contributed by atoms with van der Waals surface area (Å²) in [7, 11) is 2.01. The molecule has 0 radical (unpaired) electrons. The van der Waals surface area contributed by atoms with Gasteiger partial charge in [-0.15, -0.1) is 0 Å². The lowest BCUT2D eigenvalue weighted by atomic mass is 9.96. The fourth-order valence-electron chi connectivity index (χ4n) is 2.27. The maximum atomic E-state index is 9.54. The Morgan fingerprint density at radius 1 is 1.44 bits per heavy atom. The Morgan fingerprint density at radius 2 is 2.11 bits per heavy atom. The minimum atomic E-state index is -0.353. The molecule has 0 aliphatic heterocycles. The van der Waals surface area contributed by atoms with Crippen LogP contribution in [0.1, 0.15) is 31.9 Å². The fraction of sp³-hybridized carbons (Fsp3) is 0.571. The lowest BCUT2D eigenvalue weighted by molar-refractivity contribution is 0.107. The van der Waals surface area contributed by atoms with Gasteiger partial charge in [0.15, 0.2) is 0 Å². The monoisotopic (exact) mass is 314 g/mol. The van der Waals surface area contributed by atoms with Gasteiger partial charge in [-0.2, -0.15) is 0 Å². The van der Waals surface area contributed by atoms with E-state index in [9.17, 15) is 5.11 Å². The molecule has 1 aromatic rings. The molecule has 3 N–H and O–H groups in total. The molecule has 0 bridgehead atoms. The molecule has 0 spiro atoms. The van der Waals surface area contributed by atoms with Gasteiger partial charge in [0.2, 0.25) is 0 Å². The Balaban J connectivity index is 2.97. The first-order valence-electron chi connectivity index (χ1n) is 6.35. The zero-order valence-electron chi connectivity index (χ0n) is 11.3. The third-order valence-electron chi connectivity index (χ3n) is 3.09. The highest BCUT2D eigenvalue weighted by atomic mass is 79.9. The molecule has 0 fully saturated rings. The van der Waals surface area contributed by atoms with E-state index in [1.807, 2.05) is 19.2 Å². The zero-order chi connectivity index (χ0) is 13.7. The minimum Gasteiger partial charge on any atom is -0.392 e. The van der Waals surface area contributed by atoms with Crippen LogP contribution in [0.5, 0.6) is 0 Å². The van der Waals surface area contributed by atoms with Crippen molar-refractivity contribution < 1.29 is 5.11 Å². The van der Waals surface area contributed by atoms with Gasteiger partial charge in [0, 0.05) is 23.1 Å². The zero-order valence-corrected chi connectivity index (χ0v) is 12.9. The first-order chi connectivity index (χ1) is 8.45. The van der Waals surface area contributed by atoms with E-state index in [4.69, 9.17) is 5.73 Å². The van der Waals surface area contributed by atoms with Gasteiger partial charge >= 0.3 is 0 Å². The molecule has 3 nitrogen and oxygen atoms in total. The largest absolute Gasteiger partial charge is 0.392 e. The number of likely N-dealkylation sites (N-methyl/N-ethyl adjacent to an activating group) is 1. The predicted octanol–water partition coefficient (Wildman–Crippen LogP) is 2.54. The first-order valence-corrected chi connectivity index (χ1v) is 7.14. The Kier molecular flexibility index (Phi) is 6.29. The van der Waals surface area contributed by atoms with E-state index in [0.717, 1.165) is 10.9 Å². The number of rotatable bonds is 6. The number of nitrogens with zero attached hydrogens (tertiary/aromatic N) is 1. The molecule has 0 aliphatic rings. The van der Waals surface area contributed by atoms with Crippen molar-refractivity contribution in [3.05, 3.63) is 34.3 Å². The van der Waals surface area contributed by atoms with Crippen LogP contribution in [0.2, 0.25) is 0 Å². The van der Waals surface area contributed by atoms with Gasteiger partial charge < -0.3 is 10.8 Å². The van der Waals surface area contributed by atoms with Crippen LogP contribution in [-0.2, 0) is 0 Å². The van der Waals surface area contributed by atoms with Crippen molar-refractivity contribution in [1.82, 2.24) is 4.90 Å². The van der Waals surface area contributed by atoms with Gasteiger partial charge in [-0.3, -0.25) is 4.90 Å². The van der Waals surface area contributed by atoms with E-state index in [1.54, 1.807) is 6.92 Å². The van der Waals surface area contributed by atoms with Crippen LogP contribution in [0.15, 0.2) is 28.7 Å². The topological polar surface area (TPSA) is 49.5 Å². The maximum Gasteiger partial charge on any atom is 0.0639 e. The number of hydrogen-bond acceptors (Lipinski definition) is 3. The molecule has 4 heteroatoms. The average molecular weight is 315 g/mol. The van der Waals surface area contributed by atoms with Crippen LogP contribution < -0.4 is 5.73 Å². The molecule has 18 heavy (non-hydrogen) atoms. The lowest BCUT2D eigenvalue weighted by Gasteiger charge is -2.33. The summed E-state index contributed by atoms with van der Waals surface area (Å²) >= 11 is 3.49. The van der Waals surface area contributed by atoms with E-state index >= 15 is 0 Å². The lowest BCUT2D eigenvalue weighted by Crippen LogP contribution is -2.41. The second-order valence-electron chi connectivity index (χ2n) is 4.86. The standard InChI is InChI=1S/C14H23BrN2O/c1-4-13(16)14(17(3)9-10(2)18)11-6-5-7-12(15)8-11/h5-8,10,13-14,18H,4,9,16H2,1-3H3. The predicted molar refractivity (Wildman–Crippen MR) is 79.5 cm³/mol. The molecule has 3 unspecified atom stereocenters. The van der Waals surface area contributed by atoms with Gasteiger partial charge in [0.25, 0.3) is 0 Å². The highest BCUT2D eigenvalue weighted by molar-refractivity contribution is 9.10. The normalized spacial score (nSPS) is 16.6. The number of halogens is 1. The second kappa shape index (κ2) is 7.24. The van der Waals surface area contributed by atoms with E-state index in [-0.39, 0.29) is 18.2 Å². The SMILES string of the molecule is CCC(N)C(c1cccc(Br)c1)N(C)CC(C)O. The van der Waals surface area contributed by atoms with Crippen molar-refractivity contribution in [2.75, 3.05) is 13.6 Å². The van der Waals surface area contributed by atoms with E-state index in [2.05, 4.69) is 39.9 Å². The summed E-state index contributed by atoms with van der Waals surface area (Å²) < 4.78 is 1.05. The summed E-state index contributed by atoms with van der Waals surface area (Å²) in [5, 5.41) is 9.54. The number of aliphatic hydroxyl groups excluding tert-OH is 1. The Hall–Kier alpha value is -0.420. The summed E-state index contributed by atoms with van der Waals surface area (Å²) in [6, 6.07) is 8.39. The molecule has 0 saturated carbocycles. The smallest absolute Gasteiger partial charge is 0.0639 e. The number of nitrogens with two attached hydrogens (primary N) is 1. The summed E-state index contributed by atoms with van der Waals surface area (Å²) in [6.07, 6.45) is 0.551. The third-order valence-corrected chi connectivity index (χ3v) is 3.59. The highest BCUT2D eigenvalue weighted by Crippen LogP contribution is 2.26. The molecule has 0 heterocycles. The minimum absolute atomic E-state index is 0.0584. The van der Waals surface area contributed by atoms with Crippen LogP contribution in [0.25, 0.3) is 0 Å². The van der Waals surface area contributed by atoms with Gasteiger partial charge in [-0.25, -0.2) is 0 Å². The third kappa shape index (κ3) is 4.35. The summed E-state index contributed by atoms with van der Waals surface area (Å²) in [4.78, 5) is 2.13. The molecule has 1 aromatic carbocycles. The summed E-state index contributed by atoms with van der Waals surface area (Å²) in [5.74, 6) is 0. The second-order valence-corrected chi connectivity index (χ2v) is 5.78. The fourth-order valence-corrected chi connectivity index (χ4v) is 2.69. The molecule has 102 valence electrons. The van der Waals surface area contributed by atoms with Crippen molar-refractivity contribution in [3.8, 4) is 0 Å². The van der Waals surface area contributed by atoms with Crippen molar-refractivity contribution in [3.63, 3.8) is 0 Å². The van der Waals surface area contributed by atoms with Crippen LogP contribution >= 0.6 is 15.9 Å². The van der Waals surface area contributed by atoms with E-state index in [0.29, 0.717) is 6.54 Å². The van der Waals surface area contributed by atoms with Crippen LogP contribution in [0, 0.1) is 0 Å². The summed E-state index contributed by atoms with van der Waals surface area (Å²) in [6.45, 7) is 4.50. The summed E-state index contributed by atoms with van der Waals surface area (Å²) in [5.41, 5.74) is 7.42. The van der Waals surface area contributed by atoms with Crippen molar-refractivity contribution in [1.29, 1.82) is 0 Å². The number of hydrogen-bond donors (Lipinski definition) is 2. The highest BCUT2D eigenvalue weighted by Gasteiger charge is 2.23. The van der Waals surface area contributed by atoms with Crippen molar-refractivity contribution >= 4 is 15.9 Å². The van der Waals surface area contributed by atoms with Crippen LogP contribution in [0.4, 0.5) is 0 Å². The van der Waals surface area contributed by atoms with Crippen LogP contribution in [-0.4, -0.2) is 35.7 Å².